The molecule has 0 radical (unpaired) electrons. The zero-order chi connectivity index (χ0) is 17.7. The molecule has 0 aromatic heterocycles. The van der Waals surface area contributed by atoms with Crippen molar-refractivity contribution in [3.8, 4) is 5.75 Å². The van der Waals surface area contributed by atoms with Crippen LogP contribution in [0.2, 0.25) is 0 Å². The van der Waals surface area contributed by atoms with Crippen molar-refractivity contribution in [1.29, 1.82) is 0 Å². The minimum atomic E-state index is -0.756. The van der Waals surface area contributed by atoms with E-state index in [1.807, 2.05) is 32.0 Å². The van der Waals surface area contributed by atoms with Crippen LogP contribution in [0.25, 0.3) is 0 Å². The van der Waals surface area contributed by atoms with Crippen molar-refractivity contribution in [3.05, 3.63) is 63.4 Å². The molecule has 0 saturated heterocycles. The van der Waals surface area contributed by atoms with Gasteiger partial charge in [0.2, 0.25) is 0 Å². The first-order valence-corrected chi connectivity index (χ1v) is 7.90. The van der Waals surface area contributed by atoms with Crippen molar-refractivity contribution >= 4 is 27.7 Å². The van der Waals surface area contributed by atoms with Gasteiger partial charge in [-0.15, -0.1) is 0 Å². The lowest BCUT2D eigenvalue weighted by Gasteiger charge is -2.11. The first-order valence-electron chi connectivity index (χ1n) is 7.11. The molecule has 2 aromatic carbocycles. The molecule has 2 rings (SSSR count). The highest BCUT2D eigenvalue weighted by atomic mass is 79.9. The predicted octanol–water partition coefficient (Wildman–Crippen LogP) is 3.05. The SMILES string of the molecule is Cc1ccc(C)c(OCC(=O)NNC(=O)c2cc(Br)ccc2F)c1. The number of amides is 2. The highest BCUT2D eigenvalue weighted by molar-refractivity contribution is 9.10. The molecule has 0 atom stereocenters. The first-order chi connectivity index (χ1) is 11.4. The number of hydrogen-bond acceptors (Lipinski definition) is 3. The molecule has 0 saturated carbocycles. The lowest BCUT2D eigenvalue weighted by atomic mass is 10.1. The summed E-state index contributed by atoms with van der Waals surface area (Å²) in [4.78, 5) is 23.6. The Morgan fingerprint density at radius 1 is 1.12 bits per heavy atom. The summed E-state index contributed by atoms with van der Waals surface area (Å²) in [7, 11) is 0. The van der Waals surface area contributed by atoms with E-state index >= 15 is 0 Å². The smallest absolute Gasteiger partial charge is 0.276 e. The quantitative estimate of drug-likeness (QED) is 0.783. The molecule has 0 unspecified atom stereocenters. The van der Waals surface area contributed by atoms with Gasteiger partial charge in [-0.25, -0.2) is 4.39 Å². The standard InChI is InChI=1S/C17H16BrFN2O3/c1-10-3-4-11(2)15(7-10)24-9-16(22)20-21-17(23)13-8-12(18)5-6-14(13)19/h3-8H,9H2,1-2H3,(H,20,22)(H,21,23). The van der Waals surface area contributed by atoms with E-state index in [0.29, 0.717) is 10.2 Å². The Morgan fingerprint density at radius 3 is 2.62 bits per heavy atom. The maximum atomic E-state index is 13.6. The van der Waals surface area contributed by atoms with Crippen LogP contribution in [0, 0.1) is 19.7 Å². The molecule has 0 bridgehead atoms. The van der Waals surface area contributed by atoms with E-state index < -0.39 is 17.6 Å². The molecule has 0 aliphatic rings. The number of benzene rings is 2. The molecular formula is C17H16BrFN2O3. The molecule has 2 aromatic rings. The van der Waals surface area contributed by atoms with Crippen molar-refractivity contribution in [2.24, 2.45) is 0 Å². The topological polar surface area (TPSA) is 67.4 Å². The number of ether oxygens (including phenoxy) is 1. The van der Waals surface area contributed by atoms with Gasteiger partial charge in [0.1, 0.15) is 11.6 Å². The maximum Gasteiger partial charge on any atom is 0.276 e. The number of nitrogens with one attached hydrogen (secondary N) is 2. The van der Waals surface area contributed by atoms with E-state index in [9.17, 15) is 14.0 Å². The van der Waals surface area contributed by atoms with Crippen LogP contribution in [0.5, 0.6) is 5.75 Å². The summed E-state index contributed by atoms with van der Waals surface area (Å²) >= 11 is 3.15. The number of hydrogen-bond donors (Lipinski definition) is 2. The van der Waals surface area contributed by atoms with E-state index in [2.05, 4.69) is 26.8 Å². The fourth-order valence-corrected chi connectivity index (χ4v) is 2.27. The Balaban J connectivity index is 1.88. The second-order valence-corrected chi connectivity index (χ2v) is 6.10. The van der Waals surface area contributed by atoms with Gasteiger partial charge in [0.05, 0.1) is 5.56 Å². The molecule has 24 heavy (non-hydrogen) atoms. The van der Waals surface area contributed by atoms with Crippen LogP contribution in [0.1, 0.15) is 21.5 Å². The highest BCUT2D eigenvalue weighted by Crippen LogP contribution is 2.19. The Bertz CT molecular complexity index is 780. The van der Waals surface area contributed by atoms with Gasteiger partial charge in [0.25, 0.3) is 11.8 Å². The summed E-state index contributed by atoms with van der Waals surface area (Å²) < 4.78 is 19.5. The number of halogens is 2. The van der Waals surface area contributed by atoms with Crippen molar-refractivity contribution < 1.29 is 18.7 Å². The van der Waals surface area contributed by atoms with E-state index in [0.717, 1.165) is 17.2 Å². The molecule has 7 heteroatoms. The predicted molar refractivity (Wildman–Crippen MR) is 91.1 cm³/mol. The van der Waals surface area contributed by atoms with Gasteiger partial charge in [-0.05, 0) is 49.2 Å². The maximum absolute atomic E-state index is 13.6. The number of hydrazine groups is 1. The highest BCUT2D eigenvalue weighted by Gasteiger charge is 2.13. The third kappa shape index (κ3) is 4.79. The normalized spacial score (nSPS) is 10.2. The van der Waals surface area contributed by atoms with Gasteiger partial charge in [0, 0.05) is 4.47 Å². The van der Waals surface area contributed by atoms with E-state index in [-0.39, 0.29) is 12.2 Å². The van der Waals surface area contributed by atoms with Gasteiger partial charge < -0.3 is 4.74 Å². The molecule has 0 fully saturated rings. The number of carbonyl (C=O) groups is 2. The Hall–Kier alpha value is -2.41. The minimum absolute atomic E-state index is 0.180. The largest absolute Gasteiger partial charge is 0.483 e. The van der Waals surface area contributed by atoms with Gasteiger partial charge in [-0.1, -0.05) is 28.1 Å². The van der Waals surface area contributed by atoms with E-state index in [1.54, 1.807) is 0 Å². The summed E-state index contributed by atoms with van der Waals surface area (Å²) in [6.07, 6.45) is 0. The molecule has 126 valence electrons. The second-order valence-electron chi connectivity index (χ2n) is 5.18. The van der Waals surface area contributed by atoms with Crippen LogP contribution in [0.15, 0.2) is 40.9 Å². The van der Waals surface area contributed by atoms with Crippen LogP contribution in [-0.4, -0.2) is 18.4 Å². The summed E-state index contributed by atoms with van der Waals surface area (Å²) in [5.41, 5.74) is 6.06. The number of carbonyl (C=O) groups excluding carboxylic acids is 2. The fourth-order valence-electron chi connectivity index (χ4n) is 1.91. The van der Waals surface area contributed by atoms with Crippen LogP contribution in [0.4, 0.5) is 4.39 Å². The lowest BCUT2D eigenvalue weighted by molar-refractivity contribution is -0.123. The third-order valence-electron chi connectivity index (χ3n) is 3.19. The van der Waals surface area contributed by atoms with Crippen molar-refractivity contribution in [3.63, 3.8) is 0 Å². The van der Waals surface area contributed by atoms with Gasteiger partial charge in [0.15, 0.2) is 6.61 Å². The number of aryl methyl sites for hydroxylation is 2. The van der Waals surface area contributed by atoms with Crippen LogP contribution in [0.3, 0.4) is 0 Å². The third-order valence-corrected chi connectivity index (χ3v) is 3.68. The van der Waals surface area contributed by atoms with Gasteiger partial charge >= 0.3 is 0 Å². The van der Waals surface area contributed by atoms with E-state index in [4.69, 9.17) is 4.74 Å². The van der Waals surface area contributed by atoms with Gasteiger partial charge in [-0.2, -0.15) is 0 Å². The molecule has 0 aliphatic carbocycles. The fraction of sp³-hybridized carbons (Fsp3) is 0.176. The second kappa shape index (κ2) is 7.92. The summed E-state index contributed by atoms with van der Waals surface area (Å²) in [6.45, 7) is 3.51. The van der Waals surface area contributed by atoms with Gasteiger partial charge in [-0.3, -0.25) is 20.4 Å². The van der Waals surface area contributed by atoms with Crippen LogP contribution >= 0.6 is 15.9 Å². The Kier molecular flexibility index (Phi) is 5.92. The molecule has 2 amide bonds. The molecule has 2 N–H and O–H groups in total. The first kappa shape index (κ1) is 17.9. The zero-order valence-electron chi connectivity index (χ0n) is 13.2. The molecule has 0 aliphatic heterocycles. The molecule has 0 spiro atoms. The molecular weight excluding hydrogens is 379 g/mol. The average Bonchev–Trinajstić information content (AvgIpc) is 2.55. The Labute approximate surface area is 147 Å². The number of rotatable bonds is 4. The van der Waals surface area contributed by atoms with E-state index in [1.165, 1.54) is 12.1 Å². The molecule has 0 heterocycles. The van der Waals surface area contributed by atoms with Crippen LogP contribution in [-0.2, 0) is 4.79 Å². The monoisotopic (exact) mass is 394 g/mol. The van der Waals surface area contributed by atoms with Crippen LogP contribution < -0.4 is 15.6 Å². The summed E-state index contributed by atoms with van der Waals surface area (Å²) in [5.74, 6) is -1.40. The Morgan fingerprint density at radius 2 is 1.88 bits per heavy atom. The van der Waals surface area contributed by atoms with Crippen molar-refractivity contribution in [1.82, 2.24) is 10.9 Å². The van der Waals surface area contributed by atoms with Crippen molar-refractivity contribution in [2.45, 2.75) is 13.8 Å². The molecule has 5 nitrogen and oxygen atoms in total. The zero-order valence-corrected chi connectivity index (χ0v) is 14.7. The summed E-state index contributed by atoms with van der Waals surface area (Å²) in [5, 5.41) is 0. The average molecular weight is 395 g/mol. The summed E-state index contributed by atoms with van der Waals surface area (Å²) in [6, 6.07) is 9.60. The van der Waals surface area contributed by atoms with Crippen molar-refractivity contribution in [2.75, 3.05) is 6.61 Å². The minimum Gasteiger partial charge on any atom is -0.483 e. The lowest BCUT2D eigenvalue weighted by Crippen LogP contribution is -2.44.